The standard InChI is InChI=1S/C14H15NO/c16-14(13-9-4-10-13)15-11-5-8-12-6-2-1-3-7-12/h1-3,6-7,13H,4,9-11H2,(H,15,16). The third-order valence-electron chi connectivity index (χ3n) is 2.83. The number of carbonyl (C=O) groups is 1. The number of benzene rings is 1. The summed E-state index contributed by atoms with van der Waals surface area (Å²) in [5, 5.41) is 2.84. The molecule has 1 aromatic rings. The van der Waals surface area contributed by atoms with Gasteiger partial charge in [-0.15, -0.1) is 0 Å². The van der Waals surface area contributed by atoms with Crippen molar-refractivity contribution in [2.75, 3.05) is 6.54 Å². The molecule has 0 spiro atoms. The molecule has 1 aliphatic rings. The molecule has 0 saturated heterocycles. The summed E-state index contributed by atoms with van der Waals surface area (Å²) in [6, 6.07) is 9.79. The molecule has 1 amide bonds. The maximum Gasteiger partial charge on any atom is 0.223 e. The molecule has 0 aliphatic heterocycles. The average molecular weight is 213 g/mol. The number of amides is 1. The number of nitrogens with one attached hydrogen (secondary N) is 1. The van der Waals surface area contributed by atoms with Crippen molar-refractivity contribution < 1.29 is 4.79 Å². The van der Waals surface area contributed by atoms with E-state index in [0.717, 1.165) is 18.4 Å². The molecule has 1 aliphatic carbocycles. The summed E-state index contributed by atoms with van der Waals surface area (Å²) in [6.45, 7) is 0.449. The van der Waals surface area contributed by atoms with Gasteiger partial charge >= 0.3 is 0 Å². The fourth-order valence-electron chi connectivity index (χ4n) is 1.61. The van der Waals surface area contributed by atoms with E-state index in [-0.39, 0.29) is 11.8 Å². The van der Waals surface area contributed by atoms with E-state index in [1.807, 2.05) is 30.3 Å². The molecule has 1 aromatic carbocycles. The summed E-state index contributed by atoms with van der Waals surface area (Å²) in [5.41, 5.74) is 0.986. The molecule has 0 radical (unpaired) electrons. The first kappa shape index (κ1) is 10.8. The molecule has 1 N–H and O–H groups in total. The third-order valence-corrected chi connectivity index (χ3v) is 2.83. The van der Waals surface area contributed by atoms with E-state index >= 15 is 0 Å². The van der Waals surface area contributed by atoms with Gasteiger partial charge in [0.2, 0.25) is 5.91 Å². The summed E-state index contributed by atoms with van der Waals surface area (Å²) < 4.78 is 0. The quantitative estimate of drug-likeness (QED) is 0.747. The molecule has 16 heavy (non-hydrogen) atoms. The lowest BCUT2D eigenvalue weighted by atomic mass is 9.85. The van der Waals surface area contributed by atoms with E-state index in [2.05, 4.69) is 17.2 Å². The van der Waals surface area contributed by atoms with Gasteiger partial charge in [-0.25, -0.2) is 0 Å². The van der Waals surface area contributed by atoms with Gasteiger partial charge in [0.1, 0.15) is 0 Å². The second kappa shape index (κ2) is 5.37. The molecule has 82 valence electrons. The van der Waals surface area contributed by atoms with Gasteiger partial charge in [-0.1, -0.05) is 36.5 Å². The Bertz CT molecular complexity index is 409. The molecule has 0 heterocycles. The number of rotatable bonds is 2. The molecule has 1 fully saturated rings. The summed E-state index contributed by atoms with van der Waals surface area (Å²) in [5.74, 6) is 6.37. The van der Waals surface area contributed by atoms with E-state index < -0.39 is 0 Å². The predicted octanol–water partition coefficient (Wildman–Crippen LogP) is 1.95. The first-order valence-electron chi connectivity index (χ1n) is 5.68. The van der Waals surface area contributed by atoms with Crippen molar-refractivity contribution >= 4 is 5.91 Å². The zero-order chi connectivity index (χ0) is 11.2. The molecule has 2 heteroatoms. The molecule has 0 atom stereocenters. The molecular weight excluding hydrogens is 198 g/mol. The van der Waals surface area contributed by atoms with Gasteiger partial charge in [0.05, 0.1) is 6.54 Å². The van der Waals surface area contributed by atoms with Crippen LogP contribution in [-0.4, -0.2) is 12.5 Å². The lowest BCUT2D eigenvalue weighted by Gasteiger charge is -2.23. The summed E-state index contributed by atoms with van der Waals surface area (Å²) >= 11 is 0. The van der Waals surface area contributed by atoms with Crippen LogP contribution in [0.1, 0.15) is 24.8 Å². The maximum absolute atomic E-state index is 11.5. The van der Waals surface area contributed by atoms with Crippen LogP contribution in [0.15, 0.2) is 30.3 Å². The van der Waals surface area contributed by atoms with Gasteiger partial charge in [-0.2, -0.15) is 0 Å². The van der Waals surface area contributed by atoms with Gasteiger partial charge in [0, 0.05) is 11.5 Å². The smallest absolute Gasteiger partial charge is 0.223 e. The fourth-order valence-corrected chi connectivity index (χ4v) is 1.61. The molecular formula is C14H15NO. The summed E-state index contributed by atoms with van der Waals surface area (Å²) in [7, 11) is 0. The first-order chi connectivity index (χ1) is 7.86. The molecule has 2 nitrogen and oxygen atoms in total. The molecule has 2 rings (SSSR count). The normalized spacial score (nSPS) is 14.5. The van der Waals surface area contributed by atoms with Crippen molar-refractivity contribution in [3.8, 4) is 11.8 Å². The second-order valence-electron chi connectivity index (χ2n) is 4.01. The van der Waals surface area contributed by atoms with E-state index in [0.29, 0.717) is 6.54 Å². The Balaban J connectivity index is 1.75. The minimum Gasteiger partial charge on any atom is -0.345 e. The summed E-state index contributed by atoms with van der Waals surface area (Å²) in [6.07, 6.45) is 3.27. The van der Waals surface area contributed by atoms with Crippen molar-refractivity contribution in [2.45, 2.75) is 19.3 Å². The summed E-state index contributed by atoms with van der Waals surface area (Å²) in [4.78, 5) is 11.5. The van der Waals surface area contributed by atoms with Crippen LogP contribution in [0.5, 0.6) is 0 Å². The van der Waals surface area contributed by atoms with Gasteiger partial charge in [0.25, 0.3) is 0 Å². The minimum absolute atomic E-state index is 0.161. The highest BCUT2D eigenvalue weighted by atomic mass is 16.1. The first-order valence-corrected chi connectivity index (χ1v) is 5.68. The van der Waals surface area contributed by atoms with E-state index in [4.69, 9.17) is 0 Å². The van der Waals surface area contributed by atoms with E-state index in [1.165, 1.54) is 6.42 Å². The molecule has 0 aromatic heterocycles. The van der Waals surface area contributed by atoms with Crippen LogP contribution in [-0.2, 0) is 4.79 Å². The van der Waals surface area contributed by atoms with E-state index in [9.17, 15) is 4.79 Å². The van der Waals surface area contributed by atoms with Crippen molar-refractivity contribution in [3.63, 3.8) is 0 Å². The van der Waals surface area contributed by atoms with Crippen LogP contribution in [0.2, 0.25) is 0 Å². The highest BCUT2D eigenvalue weighted by Gasteiger charge is 2.24. The Labute approximate surface area is 96.1 Å². The fraction of sp³-hybridized carbons (Fsp3) is 0.357. The Hall–Kier alpha value is -1.75. The second-order valence-corrected chi connectivity index (χ2v) is 4.01. The number of carbonyl (C=O) groups excluding carboxylic acids is 1. The third kappa shape index (κ3) is 2.87. The zero-order valence-corrected chi connectivity index (χ0v) is 9.20. The predicted molar refractivity (Wildman–Crippen MR) is 63.7 cm³/mol. The van der Waals surface area contributed by atoms with Gasteiger partial charge in [-0.3, -0.25) is 4.79 Å². The largest absolute Gasteiger partial charge is 0.345 e. The van der Waals surface area contributed by atoms with Crippen molar-refractivity contribution in [1.82, 2.24) is 5.32 Å². The Morgan fingerprint density at radius 1 is 1.31 bits per heavy atom. The van der Waals surface area contributed by atoms with Crippen LogP contribution in [0.3, 0.4) is 0 Å². The molecule has 0 bridgehead atoms. The zero-order valence-electron chi connectivity index (χ0n) is 9.20. The topological polar surface area (TPSA) is 29.1 Å². The lowest BCUT2D eigenvalue weighted by molar-refractivity contribution is -0.127. The van der Waals surface area contributed by atoms with E-state index in [1.54, 1.807) is 0 Å². The van der Waals surface area contributed by atoms with Crippen LogP contribution >= 0.6 is 0 Å². The Morgan fingerprint density at radius 3 is 2.69 bits per heavy atom. The van der Waals surface area contributed by atoms with Gasteiger partial charge in [0.15, 0.2) is 0 Å². The minimum atomic E-state index is 0.161. The average Bonchev–Trinajstić information content (AvgIpc) is 2.23. The SMILES string of the molecule is O=C(NCC#Cc1ccccc1)C1CCC1. The monoisotopic (exact) mass is 213 g/mol. The molecule has 1 saturated carbocycles. The van der Waals surface area contributed by atoms with Crippen molar-refractivity contribution in [2.24, 2.45) is 5.92 Å². The van der Waals surface area contributed by atoms with Crippen molar-refractivity contribution in [1.29, 1.82) is 0 Å². The maximum atomic E-state index is 11.5. The van der Waals surface area contributed by atoms with Crippen LogP contribution in [0.4, 0.5) is 0 Å². The van der Waals surface area contributed by atoms with Crippen LogP contribution in [0, 0.1) is 17.8 Å². The van der Waals surface area contributed by atoms with Crippen LogP contribution < -0.4 is 5.32 Å². The highest BCUT2D eigenvalue weighted by molar-refractivity contribution is 5.79. The van der Waals surface area contributed by atoms with Gasteiger partial charge < -0.3 is 5.32 Å². The Morgan fingerprint density at radius 2 is 2.06 bits per heavy atom. The highest BCUT2D eigenvalue weighted by Crippen LogP contribution is 2.25. The Kier molecular flexibility index (Phi) is 3.61. The number of hydrogen-bond donors (Lipinski definition) is 1. The lowest BCUT2D eigenvalue weighted by Crippen LogP contribution is -2.34. The van der Waals surface area contributed by atoms with Gasteiger partial charge in [-0.05, 0) is 25.0 Å². The van der Waals surface area contributed by atoms with Crippen LogP contribution in [0.25, 0.3) is 0 Å². The number of hydrogen-bond acceptors (Lipinski definition) is 1. The van der Waals surface area contributed by atoms with Crippen molar-refractivity contribution in [3.05, 3.63) is 35.9 Å². The molecule has 0 unspecified atom stereocenters.